The Balaban J connectivity index is 1.35. The summed E-state index contributed by atoms with van der Waals surface area (Å²) in [5.74, 6) is 2.86. The lowest BCUT2D eigenvalue weighted by Gasteiger charge is -2.57. The summed E-state index contributed by atoms with van der Waals surface area (Å²) in [6.07, 6.45) is 7.33. The third-order valence-electron chi connectivity index (χ3n) is 8.78. The summed E-state index contributed by atoms with van der Waals surface area (Å²) in [5.41, 5.74) is 2.36. The van der Waals surface area contributed by atoms with E-state index in [1.807, 2.05) is 69.4 Å². The van der Waals surface area contributed by atoms with Crippen LogP contribution in [-0.4, -0.2) is 33.1 Å². The van der Waals surface area contributed by atoms with Gasteiger partial charge in [-0.1, -0.05) is 29.8 Å². The Hall–Kier alpha value is -3.15. The quantitative estimate of drug-likeness (QED) is 0.558. The van der Waals surface area contributed by atoms with Gasteiger partial charge in [-0.25, -0.2) is 9.78 Å². The van der Waals surface area contributed by atoms with E-state index in [0.29, 0.717) is 16.7 Å². The van der Waals surface area contributed by atoms with Gasteiger partial charge in [0.15, 0.2) is 0 Å². The van der Waals surface area contributed by atoms with Crippen LogP contribution in [-0.2, 0) is 0 Å². The molecule has 4 aliphatic rings. The summed E-state index contributed by atoms with van der Waals surface area (Å²) in [7, 11) is 1.82. The molecule has 1 atom stereocenters. The second kappa shape index (κ2) is 8.21. The standard InChI is InChI=1S/C29H34N4O2/c1-18-8-10-23(11-9-18)33-26(30-25-7-5-4-6-24(25)27(33)34)19(2)32(3)28(35)31-29-15-20-12-21(16-29)14-22(13-20)17-29/h4-11,19-22H,12-17H2,1-3H3,(H,31,35). The Morgan fingerprint density at radius 2 is 1.63 bits per heavy atom. The Bertz CT molecular complexity index is 1310. The van der Waals surface area contributed by atoms with E-state index < -0.39 is 0 Å². The zero-order chi connectivity index (χ0) is 24.3. The van der Waals surface area contributed by atoms with Gasteiger partial charge in [0.05, 0.1) is 22.6 Å². The molecule has 6 heteroatoms. The van der Waals surface area contributed by atoms with Crippen LogP contribution in [0.3, 0.4) is 0 Å². The maximum atomic E-state index is 13.6. The second-order valence-corrected chi connectivity index (χ2v) is 11.4. The van der Waals surface area contributed by atoms with Crippen molar-refractivity contribution in [2.75, 3.05) is 7.05 Å². The highest BCUT2D eigenvalue weighted by Crippen LogP contribution is 2.55. The van der Waals surface area contributed by atoms with Crippen molar-refractivity contribution in [3.8, 4) is 5.69 Å². The van der Waals surface area contributed by atoms with Gasteiger partial charge in [-0.3, -0.25) is 9.36 Å². The minimum atomic E-state index is -0.387. The van der Waals surface area contributed by atoms with Crippen molar-refractivity contribution in [2.45, 2.75) is 64.0 Å². The van der Waals surface area contributed by atoms with Crippen molar-refractivity contribution in [2.24, 2.45) is 17.8 Å². The van der Waals surface area contributed by atoms with Crippen LogP contribution in [0.4, 0.5) is 4.79 Å². The van der Waals surface area contributed by atoms with Gasteiger partial charge < -0.3 is 10.2 Å². The number of fused-ring (bicyclic) bond motifs is 1. The Labute approximate surface area is 206 Å². The van der Waals surface area contributed by atoms with E-state index in [1.54, 1.807) is 9.47 Å². The molecule has 4 aliphatic carbocycles. The highest BCUT2D eigenvalue weighted by molar-refractivity contribution is 5.78. The second-order valence-electron chi connectivity index (χ2n) is 11.4. The van der Waals surface area contributed by atoms with E-state index in [-0.39, 0.29) is 23.2 Å². The zero-order valence-electron chi connectivity index (χ0n) is 20.8. The molecule has 0 spiro atoms. The van der Waals surface area contributed by atoms with Crippen LogP contribution in [0.5, 0.6) is 0 Å². The third kappa shape index (κ3) is 3.83. The van der Waals surface area contributed by atoms with E-state index in [0.717, 1.165) is 48.3 Å². The fourth-order valence-corrected chi connectivity index (χ4v) is 7.30. The predicted octanol–water partition coefficient (Wildman–Crippen LogP) is 5.37. The molecule has 0 saturated heterocycles. The molecule has 4 saturated carbocycles. The number of nitrogens with zero attached hydrogens (tertiary/aromatic N) is 3. The van der Waals surface area contributed by atoms with E-state index in [9.17, 15) is 9.59 Å². The highest BCUT2D eigenvalue weighted by atomic mass is 16.2. The smallest absolute Gasteiger partial charge is 0.318 e. The van der Waals surface area contributed by atoms with Crippen molar-refractivity contribution in [3.63, 3.8) is 0 Å². The molecule has 0 aliphatic heterocycles. The summed E-state index contributed by atoms with van der Waals surface area (Å²) in [4.78, 5) is 33.8. The van der Waals surface area contributed by atoms with Crippen LogP contribution >= 0.6 is 0 Å². The van der Waals surface area contributed by atoms with Crippen molar-refractivity contribution >= 4 is 16.9 Å². The molecule has 1 N–H and O–H groups in total. The molecule has 6 nitrogen and oxygen atoms in total. The number of hydrogen-bond acceptors (Lipinski definition) is 3. The van der Waals surface area contributed by atoms with Crippen LogP contribution in [0.25, 0.3) is 16.6 Å². The monoisotopic (exact) mass is 470 g/mol. The van der Waals surface area contributed by atoms with Gasteiger partial charge in [-0.2, -0.15) is 0 Å². The number of benzene rings is 2. The lowest BCUT2D eigenvalue weighted by atomic mass is 9.53. The number of amides is 2. The molecule has 1 aromatic heterocycles. The summed E-state index contributed by atoms with van der Waals surface area (Å²) in [5, 5.41) is 4.04. The van der Waals surface area contributed by atoms with Crippen LogP contribution in [0.15, 0.2) is 53.3 Å². The number of hydrogen-bond donors (Lipinski definition) is 1. The number of urea groups is 1. The van der Waals surface area contributed by atoms with Crippen molar-refractivity contribution < 1.29 is 4.79 Å². The summed E-state index contributed by atoms with van der Waals surface area (Å²) >= 11 is 0. The molecule has 4 fully saturated rings. The van der Waals surface area contributed by atoms with Gasteiger partial charge in [-0.05, 0) is 94.4 Å². The first-order valence-corrected chi connectivity index (χ1v) is 13.0. The Morgan fingerprint density at radius 1 is 1.03 bits per heavy atom. The fourth-order valence-electron chi connectivity index (χ4n) is 7.30. The normalized spacial score (nSPS) is 27.7. The van der Waals surface area contributed by atoms with E-state index >= 15 is 0 Å². The number of carbonyl (C=O) groups is 1. The van der Waals surface area contributed by atoms with Crippen molar-refractivity contribution in [3.05, 3.63) is 70.3 Å². The molecule has 182 valence electrons. The maximum Gasteiger partial charge on any atom is 0.318 e. The summed E-state index contributed by atoms with van der Waals surface area (Å²) in [6, 6.07) is 14.8. The molecule has 0 radical (unpaired) electrons. The summed E-state index contributed by atoms with van der Waals surface area (Å²) < 4.78 is 1.67. The van der Waals surface area contributed by atoms with Crippen LogP contribution < -0.4 is 10.9 Å². The molecule has 1 heterocycles. The average molecular weight is 471 g/mol. The molecule has 2 amide bonds. The molecular weight excluding hydrogens is 436 g/mol. The first-order chi connectivity index (χ1) is 16.8. The molecule has 7 rings (SSSR count). The maximum absolute atomic E-state index is 13.6. The van der Waals surface area contributed by atoms with E-state index in [4.69, 9.17) is 4.98 Å². The van der Waals surface area contributed by atoms with Crippen molar-refractivity contribution in [1.29, 1.82) is 0 Å². The topological polar surface area (TPSA) is 67.2 Å². The molecule has 2 aromatic carbocycles. The minimum absolute atomic E-state index is 0.0623. The van der Waals surface area contributed by atoms with Gasteiger partial charge in [0.25, 0.3) is 5.56 Å². The van der Waals surface area contributed by atoms with Crippen LogP contribution in [0.1, 0.15) is 62.9 Å². The lowest BCUT2D eigenvalue weighted by molar-refractivity contribution is -0.0158. The van der Waals surface area contributed by atoms with Crippen LogP contribution in [0.2, 0.25) is 0 Å². The first-order valence-electron chi connectivity index (χ1n) is 13.0. The average Bonchev–Trinajstić information content (AvgIpc) is 2.82. The first kappa shape index (κ1) is 22.3. The van der Waals surface area contributed by atoms with Gasteiger partial charge >= 0.3 is 6.03 Å². The molecule has 4 bridgehead atoms. The van der Waals surface area contributed by atoms with Crippen molar-refractivity contribution in [1.82, 2.24) is 19.8 Å². The third-order valence-corrected chi connectivity index (χ3v) is 8.78. The van der Waals surface area contributed by atoms with Gasteiger partial charge in [-0.15, -0.1) is 0 Å². The molecular formula is C29H34N4O2. The largest absolute Gasteiger partial charge is 0.333 e. The van der Waals surface area contributed by atoms with Gasteiger partial charge in [0.2, 0.25) is 0 Å². The number of aryl methyl sites for hydroxylation is 1. The SMILES string of the molecule is Cc1ccc(-n2c(C(C)N(C)C(=O)NC34CC5CC(CC(C5)C3)C4)nc3ccccc3c2=O)cc1. The van der Waals surface area contributed by atoms with Gasteiger partial charge in [0, 0.05) is 12.6 Å². The predicted molar refractivity (Wildman–Crippen MR) is 138 cm³/mol. The minimum Gasteiger partial charge on any atom is -0.333 e. The zero-order valence-corrected chi connectivity index (χ0v) is 20.8. The number of nitrogens with one attached hydrogen (secondary N) is 1. The molecule has 35 heavy (non-hydrogen) atoms. The number of rotatable bonds is 4. The van der Waals surface area contributed by atoms with E-state index in [2.05, 4.69) is 5.32 Å². The Kier molecular flexibility index (Phi) is 5.24. The van der Waals surface area contributed by atoms with E-state index in [1.165, 1.54) is 19.3 Å². The summed E-state index contributed by atoms with van der Waals surface area (Å²) in [6.45, 7) is 3.98. The number of para-hydroxylation sites is 1. The molecule has 1 unspecified atom stereocenters. The lowest BCUT2D eigenvalue weighted by Crippen LogP contribution is -2.61. The molecule has 3 aromatic rings. The highest BCUT2D eigenvalue weighted by Gasteiger charge is 2.51. The number of carbonyl (C=O) groups excluding carboxylic acids is 1. The van der Waals surface area contributed by atoms with Crippen LogP contribution in [0, 0.1) is 24.7 Å². The number of aromatic nitrogens is 2. The Morgan fingerprint density at radius 3 is 2.26 bits per heavy atom. The fraction of sp³-hybridized carbons (Fsp3) is 0.483. The van der Waals surface area contributed by atoms with Gasteiger partial charge in [0.1, 0.15) is 5.82 Å².